The van der Waals surface area contributed by atoms with Gasteiger partial charge in [0.25, 0.3) is 5.69 Å². The Morgan fingerprint density at radius 1 is 1.55 bits per heavy atom. The monoisotopic (exact) mass is 323 g/mol. The van der Waals surface area contributed by atoms with Gasteiger partial charge in [0, 0.05) is 17.8 Å². The van der Waals surface area contributed by atoms with Crippen LogP contribution in [0.25, 0.3) is 0 Å². The van der Waals surface area contributed by atoms with Crippen LogP contribution in [0.15, 0.2) is 18.2 Å². The van der Waals surface area contributed by atoms with Gasteiger partial charge in [-0.05, 0) is 13.0 Å². The number of nitro benzene ring substituents is 1. The number of nitriles is 1. The summed E-state index contributed by atoms with van der Waals surface area (Å²) in [5, 5.41) is 26.4. The number of halogens is 1. The number of ketones is 1. The molecule has 1 aromatic rings. The number of rotatable bonds is 6. The van der Waals surface area contributed by atoms with Crippen LogP contribution in [0.3, 0.4) is 0 Å². The van der Waals surface area contributed by atoms with Gasteiger partial charge in [-0.25, -0.2) is 4.79 Å². The third-order valence-electron chi connectivity index (χ3n) is 2.61. The lowest BCUT2D eigenvalue weighted by atomic mass is 10.0. The molecule has 8 nitrogen and oxygen atoms in total. The highest BCUT2D eigenvalue weighted by atomic mass is 35.5. The number of esters is 1. The third kappa shape index (κ3) is 4.10. The van der Waals surface area contributed by atoms with Gasteiger partial charge < -0.3 is 10.1 Å². The first-order valence-electron chi connectivity index (χ1n) is 5.86. The highest BCUT2D eigenvalue weighted by molar-refractivity contribution is 6.33. The second-order valence-electron chi connectivity index (χ2n) is 4.21. The van der Waals surface area contributed by atoms with E-state index in [1.54, 1.807) is 6.07 Å². The normalized spacial score (nSPS) is 11.1. The second kappa shape index (κ2) is 7.28. The summed E-state index contributed by atoms with van der Waals surface area (Å²) in [6.07, 6.45) is 0. The molecule has 0 aliphatic carbocycles. The van der Waals surface area contributed by atoms with E-state index in [4.69, 9.17) is 27.0 Å². The molecule has 114 valence electrons. The van der Waals surface area contributed by atoms with Crippen molar-refractivity contribution in [1.82, 2.24) is 0 Å². The van der Waals surface area contributed by atoms with E-state index in [9.17, 15) is 19.7 Å². The van der Waals surface area contributed by atoms with Gasteiger partial charge in [-0.2, -0.15) is 5.26 Å². The zero-order valence-electron chi connectivity index (χ0n) is 11.3. The molecule has 1 atom stereocenters. The summed E-state index contributed by atoms with van der Waals surface area (Å²) in [5.74, 6) is -2.96. The quantitative estimate of drug-likeness (QED) is 0.369. The van der Waals surface area contributed by atoms with Crippen molar-refractivity contribution in [2.45, 2.75) is 6.92 Å². The maximum absolute atomic E-state index is 11.8. The van der Waals surface area contributed by atoms with Gasteiger partial charge in [0.1, 0.15) is 5.92 Å². The Balaban J connectivity index is 2.79. The molecule has 0 bridgehead atoms. The lowest BCUT2D eigenvalue weighted by Crippen LogP contribution is -2.25. The minimum absolute atomic E-state index is 0.139. The molecule has 1 aromatic carbocycles. The number of nitrogens with one attached hydrogen (secondary N) is 1. The Morgan fingerprint density at radius 3 is 2.64 bits per heavy atom. The standard InChI is InChI=1S/C13H10ClN3O5/c1-7(16)10(5-15)12(18)6-22-13(19)9-3-2-8(17(20)21)4-11(9)14/h2-4,10,16H,6H2,1H3. The van der Waals surface area contributed by atoms with Crippen LogP contribution in [0.2, 0.25) is 5.02 Å². The number of non-ortho nitro benzene ring substituents is 1. The maximum Gasteiger partial charge on any atom is 0.340 e. The summed E-state index contributed by atoms with van der Waals surface area (Å²) in [6.45, 7) is 0.599. The topological polar surface area (TPSA) is 134 Å². The van der Waals surface area contributed by atoms with E-state index in [2.05, 4.69) is 0 Å². The Labute approximate surface area is 129 Å². The molecule has 0 aromatic heterocycles. The van der Waals surface area contributed by atoms with Gasteiger partial charge in [-0.1, -0.05) is 11.6 Å². The van der Waals surface area contributed by atoms with Crippen molar-refractivity contribution in [3.8, 4) is 6.07 Å². The van der Waals surface area contributed by atoms with Crippen molar-refractivity contribution >= 4 is 34.8 Å². The number of hydrogen-bond donors (Lipinski definition) is 1. The molecule has 0 radical (unpaired) electrons. The van der Waals surface area contributed by atoms with Crippen LogP contribution < -0.4 is 0 Å². The molecule has 0 fully saturated rings. The predicted octanol–water partition coefficient (Wildman–Crippen LogP) is 2.15. The van der Waals surface area contributed by atoms with Crippen molar-refractivity contribution in [2.24, 2.45) is 5.92 Å². The van der Waals surface area contributed by atoms with Crippen LogP contribution in [0, 0.1) is 32.8 Å². The molecule has 9 heteroatoms. The first kappa shape index (κ1) is 17.3. The Kier molecular flexibility index (Phi) is 5.72. The Hall–Kier alpha value is -2.79. The van der Waals surface area contributed by atoms with Crippen molar-refractivity contribution in [3.63, 3.8) is 0 Å². The minimum Gasteiger partial charge on any atom is -0.454 e. The molecule has 0 saturated heterocycles. The van der Waals surface area contributed by atoms with Crippen molar-refractivity contribution in [1.29, 1.82) is 10.7 Å². The fraction of sp³-hybridized carbons (Fsp3) is 0.231. The van der Waals surface area contributed by atoms with Gasteiger partial charge in [-0.3, -0.25) is 14.9 Å². The van der Waals surface area contributed by atoms with E-state index in [1.165, 1.54) is 6.92 Å². The lowest BCUT2D eigenvalue weighted by molar-refractivity contribution is -0.384. The minimum atomic E-state index is -1.28. The van der Waals surface area contributed by atoms with E-state index in [1.807, 2.05) is 0 Å². The third-order valence-corrected chi connectivity index (χ3v) is 2.93. The summed E-state index contributed by atoms with van der Waals surface area (Å²) >= 11 is 5.75. The fourth-order valence-electron chi connectivity index (χ4n) is 1.49. The molecule has 0 spiro atoms. The molecule has 1 N–H and O–H groups in total. The summed E-state index contributed by atoms with van der Waals surface area (Å²) in [7, 11) is 0. The average molecular weight is 324 g/mol. The van der Waals surface area contributed by atoms with E-state index in [-0.39, 0.29) is 22.0 Å². The molecular weight excluding hydrogens is 314 g/mol. The zero-order valence-corrected chi connectivity index (χ0v) is 12.1. The van der Waals surface area contributed by atoms with Gasteiger partial charge in [-0.15, -0.1) is 0 Å². The van der Waals surface area contributed by atoms with Gasteiger partial charge in [0.05, 0.1) is 21.6 Å². The number of carbonyl (C=O) groups excluding carboxylic acids is 2. The molecule has 0 saturated carbocycles. The Bertz CT molecular complexity index is 695. The van der Waals surface area contributed by atoms with E-state index in [0.717, 1.165) is 18.2 Å². The number of nitro groups is 1. The molecule has 22 heavy (non-hydrogen) atoms. The van der Waals surface area contributed by atoms with Crippen molar-refractivity contribution in [2.75, 3.05) is 6.61 Å². The summed E-state index contributed by atoms with van der Waals surface area (Å²) in [6, 6.07) is 4.80. The van der Waals surface area contributed by atoms with E-state index in [0.29, 0.717) is 0 Å². The fourth-order valence-corrected chi connectivity index (χ4v) is 1.74. The van der Waals surface area contributed by atoms with Gasteiger partial charge >= 0.3 is 5.97 Å². The van der Waals surface area contributed by atoms with E-state index >= 15 is 0 Å². The van der Waals surface area contributed by atoms with Crippen LogP contribution >= 0.6 is 11.6 Å². The summed E-state index contributed by atoms with van der Waals surface area (Å²) < 4.78 is 4.71. The van der Waals surface area contributed by atoms with Crippen molar-refractivity contribution in [3.05, 3.63) is 38.9 Å². The number of hydrogen-bond acceptors (Lipinski definition) is 7. The highest BCUT2D eigenvalue weighted by Crippen LogP contribution is 2.23. The second-order valence-corrected chi connectivity index (χ2v) is 4.62. The smallest absolute Gasteiger partial charge is 0.340 e. The number of carbonyl (C=O) groups is 2. The van der Waals surface area contributed by atoms with Gasteiger partial charge in [0.15, 0.2) is 12.4 Å². The predicted molar refractivity (Wildman–Crippen MR) is 75.9 cm³/mol. The van der Waals surface area contributed by atoms with Crippen LogP contribution in [0.1, 0.15) is 17.3 Å². The van der Waals surface area contributed by atoms with Gasteiger partial charge in [0.2, 0.25) is 0 Å². The summed E-state index contributed by atoms with van der Waals surface area (Å²) in [4.78, 5) is 33.3. The first-order chi connectivity index (χ1) is 10.3. The molecule has 0 aliphatic rings. The van der Waals surface area contributed by atoms with Crippen molar-refractivity contribution < 1.29 is 19.2 Å². The lowest BCUT2D eigenvalue weighted by Gasteiger charge is -2.08. The summed E-state index contributed by atoms with van der Waals surface area (Å²) in [5.41, 5.74) is -0.585. The SMILES string of the molecule is CC(=N)C(C#N)C(=O)COC(=O)c1ccc([N+](=O)[O-])cc1Cl. The first-order valence-corrected chi connectivity index (χ1v) is 6.24. The van der Waals surface area contributed by atoms with Crippen LogP contribution in [-0.4, -0.2) is 29.0 Å². The van der Waals surface area contributed by atoms with Crippen LogP contribution in [-0.2, 0) is 9.53 Å². The van der Waals surface area contributed by atoms with E-state index < -0.39 is 29.2 Å². The number of benzene rings is 1. The van der Waals surface area contributed by atoms with Crippen LogP contribution in [0.5, 0.6) is 0 Å². The molecule has 0 amide bonds. The largest absolute Gasteiger partial charge is 0.454 e. The number of Topliss-reactive ketones (excluding diaryl/α,β-unsaturated/α-hetero) is 1. The molecule has 0 aliphatic heterocycles. The molecule has 0 heterocycles. The number of nitrogens with zero attached hydrogens (tertiary/aromatic N) is 2. The average Bonchev–Trinajstić information content (AvgIpc) is 2.44. The zero-order chi connectivity index (χ0) is 16.9. The number of ether oxygens (including phenoxy) is 1. The highest BCUT2D eigenvalue weighted by Gasteiger charge is 2.23. The molecule has 1 unspecified atom stereocenters. The Morgan fingerprint density at radius 2 is 2.18 bits per heavy atom. The van der Waals surface area contributed by atoms with Crippen LogP contribution in [0.4, 0.5) is 5.69 Å². The molecular formula is C13H10ClN3O5. The maximum atomic E-state index is 11.8. The molecule has 1 rings (SSSR count).